The third kappa shape index (κ3) is 3.15. The minimum absolute atomic E-state index is 0.0281. The van der Waals surface area contributed by atoms with E-state index in [-0.39, 0.29) is 25.2 Å². The van der Waals surface area contributed by atoms with Crippen LogP contribution in [0.5, 0.6) is 0 Å². The zero-order chi connectivity index (χ0) is 14.9. The number of nitro groups is 1. The summed E-state index contributed by atoms with van der Waals surface area (Å²) in [4.78, 5) is 16.8. The van der Waals surface area contributed by atoms with E-state index < -0.39 is 14.9 Å². The molecule has 2 aromatic rings. The molecule has 1 N–H and O–H groups in total. The van der Waals surface area contributed by atoms with Crippen LogP contribution in [0.15, 0.2) is 23.4 Å². The van der Waals surface area contributed by atoms with Crippen LogP contribution in [0.2, 0.25) is 10.2 Å². The SMILES string of the molecule is O=[N+]([O-])c1cnc(NS(=O)(=O)c2cnc(Cl)c(Cl)c2)s1. The molecular weight excluding hydrogens is 351 g/mol. The third-order valence-corrected chi connectivity index (χ3v) is 4.96. The molecule has 2 rings (SSSR count). The maximum Gasteiger partial charge on any atom is 0.345 e. The summed E-state index contributed by atoms with van der Waals surface area (Å²) in [5.74, 6) is 0. The second-order valence-electron chi connectivity index (χ2n) is 3.31. The molecular formula is C8H4Cl2N4O4S2. The lowest BCUT2D eigenvalue weighted by Gasteiger charge is -2.05. The van der Waals surface area contributed by atoms with E-state index in [2.05, 4.69) is 14.7 Å². The largest absolute Gasteiger partial charge is 0.345 e. The number of sulfonamides is 1. The summed E-state index contributed by atoms with van der Waals surface area (Å²) in [6.07, 6.45) is 1.97. The molecule has 12 heteroatoms. The average Bonchev–Trinajstić information content (AvgIpc) is 2.80. The van der Waals surface area contributed by atoms with Crippen LogP contribution >= 0.6 is 34.5 Å². The van der Waals surface area contributed by atoms with E-state index in [1.807, 2.05) is 0 Å². The lowest BCUT2D eigenvalue weighted by Crippen LogP contribution is -2.13. The smallest absolute Gasteiger partial charge is 0.257 e. The van der Waals surface area contributed by atoms with Gasteiger partial charge in [-0.3, -0.25) is 14.8 Å². The monoisotopic (exact) mass is 354 g/mol. The molecule has 106 valence electrons. The number of rotatable bonds is 4. The second kappa shape index (κ2) is 5.48. The van der Waals surface area contributed by atoms with Gasteiger partial charge in [0.1, 0.15) is 16.2 Å². The predicted octanol–water partition coefficient (Wildman–Crippen LogP) is 2.55. The highest BCUT2D eigenvalue weighted by Crippen LogP contribution is 2.28. The zero-order valence-corrected chi connectivity index (χ0v) is 12.4. The van der Waals surface area contributed by atoms with Crippen molar-refractivity contribution in [1.29, 1.82) is 0 Å². The van der Waals surface area contributed by atoms with E-state index in [4.69, 9.17) is 23.2 Å². The molecule has 0 fully saturated rings. The number of halogens is 2. The Morgan fingerprint density at radius 1 is 1.30 bits per heavy atom. The molecule has 0 saturated carbocycles. The molecule has 0 aliphatic carbocycles. The van der Waals surface area contributed by atoms with Gasteiger partial charge >= 0.3 is 5.00 Å². The Morgan fingerprint density at radius 3 is 2.55 bits per heavy atom. The summed E-state index contributed by atoms with van der Waals surface area (Å²) in [5.41, 5.74) is 0. The molecule has 0 unspecified atom stereocenters. The molecule has 20 heavy (non-hydrogen) atoms. The van der Waals surface area contributed by atoms with Crippen LogP contribution in [-0.2, 0) is 10.0 Å². The highest BCUT2D eigenvalue weighted by molar-refractivity contribution is 7.93. The first-order chi connectivity index (χ1) is 9.29. The Labute approximate surface area is 126 Å². The lowest BCUT2D eigenvalue weighted by molar-refractivity contribution is -0.380. The van der Waals surface area contributed by atoms with Gasteiger partial charge in [-0.2, -0.15) is 0 Å². The molecule has 0 aliphatic rings. The quantitative estimate of drug-likeness (QED) is 0.512. The predicted molar refractivity (Wildman–Crippen MR) is 73.8 cm³/mol. The zero-order valence-electron chi connectivity index (χ0n) is 9.28. The fraction of sp³-hybridized carbons (Fsp3) is 0. The second-order valence-corrected chi connectivity index (χ2v) is 6.77. The van der Waals surface area contributed by atoms with Gasteiger partial charge in [-0.1, -0.05) is 23.2 Å². The highest BCUT2D eigenvalue weighted by atomic mass is 35.5. The van der Waals surface area contributed by atoms with Gasteiger partial charge in [0.05, 0.1) is 9.95 Å². The Kier molecular flexibility index (Phi) is 4.09. The van der Waals surface area contributed by atoms with Crippen molar-refractivity contribution in [2.75, 3.05) is 4.72 Å². The first kappa shape index (κ1) is 14.9. The molecule has 0 spiro atoms. The number of aromatic nitrogens is 2. The van der Waals surface area contributed by atoms with E-state index in [0.29, 0.717) is 11.3 Å². The fourth-order valence-electron chi connectivity index (χ4n) is 1.12. The van der Waals surface area contributed by atoms with Crippen LogP contribution in [-0.4, -0.2) is 23.3 Å². The molecule has 0 atom stereocenters. The van der Waals surface area contributed by atoms with Gasteiger partial charge in [0, 0.05) is 6.20 Å². The Morgan fingerprint density at radius 2 is 2.00 bits per heavy atom. The summed E-state index contributed by atoms with van der Waals surface area (Å²) in [7, 11) is -4.00. The number of nitrogens with zero attached hydrogens (tertiary/aromatic N) is 3. The van der Waals surface area contributed by atoms with Gasteiger partial charge in [0.25, 0.3) is 10.0 Å². The van der Waals surface area contributed by atoms with Gasteiger partial charge in [-0.25, -0.2) is 18.4 Å². The molecule has 0 radical (unpaired) electrons. The summed E-state index contributed by atoms with van der Waals surface area (Å²) < 4.78 is 26.1. The van der Waals surface area contributed by atoms with Crippen molar-refractivity contribution in [2.24, 2.45) is 0 Å². The fourth-order valence-corrected chi connectivity index (χ4v) is 3.30. The van der Waals surface area contributed by atoms with E-state index >= 15 is 0 Å². The Bertz CT molecular complexity index is 777. The van der Waals surface area contributed by atoms with Gasteiger partial charge < -0.3 is 0 Å². The van der Waals surface area contributed by atoms with Crippen molar-refractivity contribution in [2.45, 2.75) is 4.90 Å². The van der Waals surface area contributed by atoms with Crippen LogP contribution in [0.25, 0.3) is 0 Å². The van der Waals surface area contributed by atoms with Crippen molar-refractivity contribution in [3.63, 3.8) is 0 Å². The third-order valence-electron chi connectivity index (χ3n) is 1.98. The van der Waals surface area contributed by atoms with Crippen molar-refractivity contribution in [1.82, 2.24) is 9.97 Å². The summed E-state index contributed by atoms with van der Waals surface area (Å²) in [6.45, 7) is 0. The average molecular weight is 355 g/mol. The van der Waals surface area contributed by atoms with Gasteiger partial charge in [-0.05, 0) is 17.4 Å². The van der Waals surface area contributed by atoms with E-state index in [9.17, 15) is 18.5 Å². The summed E-state index contributed by atoms with van der Waals surface area (Å²) in [5, 5.41) is 10.0. The lowest BCUT2D eigenvalue weighted by atomic mass is 10.5. The van der Waals surface area contributed by atoms with Crippen LogP contribution in [0.3, 0.4) is 0 Å². The molecule has 2 heterocycles. The van der Waals surface area contributed by atoms with Gasteiger partial charge in [0.15, 0.2) is 0 Å². The first-order valence-corrected chi connectivity index (χ1v) is 7.79. The molecule has 0 aromatic carbocycles. The number of anilines is 1. The molecule has 0 saturated heterocycles. The maximum absolute atomic E-state index is 12.0. The molecule has 0 amide bonds. The van der Waals surface area contributed by atoms with Crippen molar-refractivity contribution >= 4 is 54.7 Å². The van der Waals surface area contributed by atoms with Crippen LogP contribution in [0.1, 0.15) is 0 Å². The first-order valence-electron chi connectivity index (χ1n) is 4.73. The van der Waals surface area contributed by atoms with E-state index in [0.717, 1.165) is 18.5 Å². The van der Waals surface area contributed by atoms with Crippen LogP contribution in [0.4, 0.5) is 10.1 Å². The molecule has 0 bridgehead atoms. The summed E-state index contributed by atoms with van der Waals surface area (Å²) in [6, 6.07) is 1.11. The summed E-state index contributed by atoms with van der Waals surface area (Å²) >= 11 is 11.9. The molecule has 2 aromatic heterocycles. The molecule has 0 aliphatic heterocycles. The Hall–Kier alpha value is -1.49. The van der Waals surface area contributed by atoms with Crippen molar-refractivity contribution in [3.05, 3.63) is 38.8 Å². The number of pyridine rings is 1. The van der Waals surface area contributed by atoms with Gasteiger partial charge in [0.2, 0.25) is 5.13 Å². The number of nitrogens with one attached hydrogen (secondary N) is 1. The number of hydrogen-bond acceptors (Lipinski definition) is 7. The number of thiazole rings is 1. The van der Waals surface area contributed by atoms with Gasteiger partial charge in [-0.15, -0.1) is 0 Å². The van der Waals surface area contributed by atoms with Crippen molar-refractivity contribution < 1.29 is 13.3 Å². The topological polar surface area (TPSA) is 115 Å². The molecule has 8 nitrogen and oxygen atoms in total. The van der Waals surface area contributed by atoms with Crippen molar-refractivity contribution in [3.8, 4) is 0 Å². The minimum atomic E-state index is -4.00. The normalized spacial score (nSPS) is 11.3. The maximum atomic E-state index is 12.0. The van der Waals surface area contributed by atoms with Crippen LogP contribution < -0.4 is 4.72 Å². The highest BCUT2D eigenvalue weighted by Gasteiger charge is 2.20. The number of hydrogen-bond donors (Lipinski definition) is 1. The minimum Gasteiger partial charge on any atom is -0.257 e. The van der Waals surface area contributed by atoms with E-state index in [1.54, 1.807) is 0 Å². The Balaban J connectivity index is 2.30. The standard InChI is InChI=1S/C8H4Cl2N4O4S2/c9-5-1-4(2-11-7(5)10)20(17,18)13-8-12-3-6(19-8)14(15)16/h1-3H,(H,12,13). The van der Waals surface area contributed by atoms with E-state index in [1.165, 1.54) is 0 Å². The van der Waals surface area contributed by atoms with Crippen LogP contribution in [0, 0.1) is 10.1 Å².